The van der Waals surface area contributed by atoms with E-state index in [9.17, 15) is 28.9 Å². The quantitative estimate of drug-likeness (QED) is 0.0197. The van der Waals surface area contributed by atoms with Crippen LogP contribution in [-0.2, 0) is 42.2 Å². The number of ether oxygens (including phenoxy) is 3. The molecule has 0 aromatic heterocycles. The molecule has 0 radical (unpaired) electrons. The molecule has 0 aliphatic carbocycles. The van der Waals surface area contributed by atoms with Gasteiger partial charge in [-0.05, 0) is 44.9 Å². The highest BCUT2D eigenvalue weighted by Crippen LogP contribution is 2.43. The third kappa shape index (κ3) is 52.3. The van der Waals surface area contributed by atoms with Crippen LogP contribution < -0.4 is 0 Å². The summed E-state index contributed by atoms with van der Waals surface area (Å²) < 4.78 is 39.4. The monoisotopic (exact) mass is 1040 g/mol. The van der Waals surface area contributed by atoms with Crippen molar-refractivity contribution in [3.63, 3.8) is 0 Å². The minimum absolute atomic E-state index is 0.0582. The van der Waals surface area contributed by atoms with E-state index in [1.807, 2.05) is 12.2 Å². The minimum atomic E-state index is -4.76. The largest absolute Gasteiger partial charge is 0.472 e. The lowest BCUT2D eigenvalue weighted by atomic mass is 10.0. The van der Waals surface area contributed by atoms with Crippen molar-refractivity contribution in [1.29, 1.82) is 0 Å². The average Bonchev–Trinajstić information content (AvgIpc) is 3.37. The predicted octanol–water partition coefficient (Wildman–Crippen LogP) is 17.4. The molecular weight excluding hydrogens is 928 g/mol. The van der Waals surface area contributed by atoms with Crippen LogP contribution in [0, 0.1) is 0 Å². The number of phosphoric acid groups is 1. The lowest BCUT2D eigenvalue weighted by Crippen LogP contribution is -2.30. The van der Waals surface area contributed by atoms with Crippen molar-refractivity contribution in [1.82, 2.24) is 0 Å². The number of aliphatic hydroxyl groups is 1. The number of hydrogen-bond acceptors (Lipinski definition) is 10. The van der Waals surface area contributed by atoms with Gasteiger partial charge in [0, 0.05) is 19.3 Å². The Hall–Kier alpha value is -2.56. The summed E-state index contributed by atoms with van der Waals surface area (Å²) in [6, 6.07) is 0. The fourth-order valence-electron chi connectivity index (χ4n) is 8.31. The second-order valence-corrected chi connectivity index (χ2v) is 21.2. The Kier molecular flexibility index (Phi) is 52.7. The number of allylic oxidation sites excluding steroid dienone is 8. The summed E-state index contributed by atoms with van der Waals surface area (Å²) in [6.07, 6.45) is 58.1. The third-order valence-electron chi connectivity index (χ3n) is 12.8. The number of hydrogen-bond donors (Lipinski definition) is 2. The van der Waals surface area contributed by atoms with Crippen molar-refractivity contribution < 1.29 is 52.2 Å². The summed E-state index contributed by atoms with van der Waals surface area (Å²) in [6.45, 7) is 4.49. The van der Waals surface area contributed by atoms with Crippen LogP contribution in [-0.4, -0.2) is 66.5 Å². The molecule has 11 nitrogen and oxygen atoms in total. The highest BCUT2D eigenvalue weighted by Gasteiger charge is 2.28. The molecular formula is C60H109O11P. The summed E-state index contributed by atoms with van der Waals surface area (Å²) in [5, 5.41) is 9.79. The lowest BCUT2D eigenvalue weighted by molar-refractivity contribution is -0.161. The molecule has 0 fully saturated rings. The normalized spacial score (nSPS) is 13.7. The van der Waals surface area contributed by atoms with Gasteiger partial charge in [-0.1, -0.05) is 262 Å². The van der Waals surface area contributed by atoms with Gasteiger partial charge in [-0.15, -0.1) is 0 Å². The Morgan fingerprint density at radius 3 is 1.11 bits per heavy atom. The van der Waals surface area contributed by atoms with Crippen LogP contribution in [0.25, 0.3) is 0 Å². The molecule has 0 saturated heterocycles. The van der Waals surface area contributed by atoms with Crippen molar-refractivity contribution in [3.8, 4) is 0 Å². The number of phosphoric ester groups is 1. The molecule has 72 heavy (non-hydrogen) atoms. The average molecular weight is 1040 g/mol. The smallest absolute Gasteiger partial charge is 0.462 e. The number of esters is 3. The maximum absolute atomic E-state index is 12.9. The number of carbonyl (C=O) groups excluding carboxylic acids is 3. The summed E-state index contributed by atoms with van der Waals surface area (Å²) in [5.74, 6) is -1.53. The van der Waals surface area contributed by atoms with E-state index in [-0.39, 0.29) is 25.9 Å². The number of rotatable bonds is 55. The highest BCUT2D eigenvalue weighted by molar-refractivity contribution is 7.47. The second kappa shape index (κ2) is 54.7. The molecule has 420 valence electrons. The first kappa shape index (κ1) is 69.4. The molecule has 3 atom stereocenters. The zero-order chi connectivity index (χ0) is 52.7. The van der Waals surface area contributed by atoms with Gasteiger partial charge in [-0.2, -0.15) is 0 Å². The Morgan fingerprint density at radius 2 is 0.722 bits per heavy atom. The van der Waals surface area contributed by atoms with Crippen LogP contribution >= 0.6 is 7.82 Å². The maximum atomic E-state index is 12.9. The fourth-order valence-corrected chi connectivity index (χ4v) is 9.10. The Balaban J connectivity index is 4.71. The van der Waals surface area contributed by atoms with E-state index in [2.05, 4.69) is 57.2 Å². The molecule has 0 rings (SSSR count). The first-order valence-corrected chi connectivity index (χ1v) is 31.0. The first-order chi connectivity index (χ1) is 35.2. The zero-order valence-electron chi connectivity index (χ0n) is 46.4. The van der Waals surface area contributed by atoms with E-state index in [1.165, 1.54) is 154 Å². The van der Waals surface area contributed by atoms with Gasteiger partial charge in [-0.3, -0.25) is 23.4 Å². The third-order valence-corrected chi connectivity index (χ3v) is 13.7. The standard InChI is InChI=1S/C60H109O11P/c1-4-7-10-13-16-19-22-25-26-27-28-29-30-33-36-39-42-45-48-51-60(64)71-57(53-67-58(62)49-46-43-40-37-34-31-23-20-17-14-11-8-5-2)55-69-72(65,66)68-54-56(52-61)70-59(63)50-47-44-41-38-35-32-24-21-18-15-12-9-6-3/h9,12,18,21,32,35,41,44,56-57,61H,4-8,10-11,13-17,19-20,22-31,33-34,36-40,42-43,45-55H2,1-3H3,(H,65,66)/b12-9-,21-18-,35-32-,44-41-. The van der Waals surface area contributed by atoms with Crippen molar-refractivity contribution in [2.75, 3.05) is 26.4 Å². The summed E-state index contributed by atoms with van der Waals surface area (Å²) in [4.78, 5) is 48.5. The molecule has 0 bridgehead atoms. The van der Waals surface area contributed by atoms with Crippen LogP contribution in [0.4, 0.5) is 0 Å². The van der Waals surface area contributed by atoms with E-state index in [0.29, 0.717) is 19.3 Å². The lowest BCUT2D eigenvalue weighted by Gasteiger charge is -2.21. The van der Waals surface area contributed by atoms with Gasteiger partial charge in [0.15, 0.2) is 6.10 Å². The summed E-state index contributed by atoms with van der Waals surface area (Å²) in [5.41, 5.74) is 0. The Bertz CT molecular complexity index is 1400. The molecule has 0 aromatic rings. The van der Waals surface area contributed by atoms with Gasteiger partial charge < -0.3 is 24.2 Å². The van der Waals surface area contributed by atoms with E-state index in [0.717, 1.165) is 64.2 Å². The van der Waals surface area contributed by atoms with Crippen molar-refractivity contribution in [3.05, 3.63) is 48.6 Å². The molecule has 0 heterocycles. The van der Waals surface area contributed by atoms with Crippen LogP contribution in [0.5, 0.6) is 0 Å². The van der Waals surface area contributed by atoms with Crippen LogP contribution in [0.1, 0.15) is 278 Å². The molecule has 12 heteroatoms. The van der Waals surface area contributed by atoms with E-state index < -0.39 is 57.8 Å². The van der Waals surface area contributed by atoms with Gasteiger partial charge in [0.05, 0.1) is 19.8 Å². The number of unbranched alkanes of at least 4 members (excludes halogenated alkanes) is 30. The summed E-state index contributed by atoms with van der Waals surface area (Å²) in [7, 11) is -4.76. The molecule has 0 saturated carbocycles. The van der Waals surface area contributed by atoms with E-state index in [1.54, 1.807) is 0 Å². The SMILES string of the molecule is CC/C=C\C/C=C\C/C=C\C/C=C\CCC(=O)OC(CO)COP(=O)(O)OCC(COC(=O)CCCCCCCCCCCCCCC)OC(=O)CCCCCCCCCCCCCCCCCCCCC. The Morgan fingerprint density at radius 1 is 0.403 bits per heavy atom. The number of aliphatic hydroxyl groups excluding tert-OH is 1. The molecule has 0 aromatic carbocycles. The van der Waals surface area contributed by atoms with Gasteiger partial charge in [0.25, 0.3) is 0 Å². The maximum Gasteiger partial charge on any atom is 0.472 e. The topological polar surface area (TPSA) is 155 Å². The second-order valence-electron chi connectivity index (χ2n) is 19.8. The van der Waals surface area contributed by atoms with Crippen LogP contribution in [0.3, 0.4) is 0 Å². The van der Waals surface area contributed by atoms with Gasteiger partial charge in [0.2, 0.25) is 0 Å². The van der Waals surface area contributed by atoms with Gasteiger partial charge in [-0.25, -0.2) is 4.57 Å². The molecule has 0 aliphatic heterocycles. The van der Waals surface area contributed by atoms with Crippen LogP contribution in [0.15, 0.2) is 48.6 Å². The van der Waals surface area contributed by atoms with E-state index >= 15 is 0 Å². The van der Waals surface area contributed by atoms with Gasteiger partial charge >= 0.3 is 25.7 Å². The number of carbonyl (C=O) groups is 3. The first-order valence-electron chi connectivity index (χ1n) is 29.5. The van der Waals surface area contributed by atoms with Crippen LogP contribution in [0.2, 0.25) is 0 Å². The Labute approximate surface area is 441 Å². The molecule has 0 spiro atoms. The van der Waals surface area contributed by atoms with Crippen molar-refractivity contribution >= 4 is 25.7 Å². The van der Waals surface area contributed by atoms with Crippen molar-refractivity contribution in [2.24, 2.45) is 0 Å². The predicted molar refractivity (Wildman–Crippen MR) is 298 cm³/mol. The molecule has 3 unspecified atom stereocenters. The van der Waals surface area contributed by atoms with Crippen molar-refractivity contribution in [2.45, 2.75) is 290 Å². The highest BCUT2D eigenvalue weighted by atomic mass is 31.2. The fraction of sp³-hybridized carbons (Fsp3) is 0.817. The zero-order valence-corrected chi connectivity index (χ0v) is 47.3. The van der Waals surface area contributed by atoms with Gasteiger partial charge in [0.1, 0.15) is 12.7 Å². The molecule has 2 N–H and O–H groups in total. The molecule has 0 aliphatic rings. The molecule has 0 amide bonds. The minimum Gasteiger partial charge on any atom is -0.462 e. The summed E-state index contributed by atoms with van der Waals surface area (Å²) >= 11 is 0. The van der Waals surface area contributed by atoms with E-state index in [4.69, 9.17) is 23.3 Å².